The molecule has 0 spiro atoms. The minimum absolute atomic E-state index is 0.142. The fourth-order valence-corrected chi connectivity index (χ4v) is 4.25. The number of hydrogen-bond acceptors (Lipinski definition) is 7. The van der Waals surface area contributed by atoms with Crippen molar-refractivity contribution in [3.63, 3.8) is 0 Å². The number of halogens is 2. The van der Waals surface area contributed by atoms with Crippen LogP contribution in [-0.2, 0) is 4.74 Å². The molecule has 3 N–H and O–H groups in total. The predicted octanol–water partition coefficient (Wildman–Crippen LogP) is 4.74. The first-order chi connectivity index (χ1) is 15.9. The molecule has 4 rings (SSSR count). The van der Waals surface area contributed by atoms with Crippen molar-refractivity contribution >= 4 is 51.9 Å². The van der Waals surface area contributed by atoms with Gasteiger partial charge in [-0.25, -0.2) is 4.98 Å². The van der Waals surface area contributed by atoms with Crippen LogP contribution in [0, 0.1) is 5.92 Å². The van der Waals surface area contributed by atoms with Crippen LogP contribution in [0.5, 0.6) is 5.88 Å². The van der Waals surface area contributed by atoms with Crippen LogP contribution in [0.2, 0.25) is 10.0 Å². The van der Waals surface area contributed by atoms with Crippen LogP contribution in [0.4, 0.5) is 11.6 Å². The summed E-state index contributed by atoms with van der Waals surface area (Å²) in [5.74, 6) is 1.06. The zero-order chi connectivity index (χ0) is 23.4. The third-order valence-corrected chi connectivity index (χ3v) is 6.23. The zero-order valence-electron chi connectivity index (χ0n) is 18.5. The Labute approximate surface area is 201 Å². The van der Waals surface area contributed by atoms with Gasteiger partial charge in [0.1, 0.15) is 17.7 Å². The number of aromatic nitrogens is 4. The molecule has 1 aliphatic carbocycles. The number of pyridine rings is 2. The highest BCUT2D eigenvalue weighted by Crippen LogP contribution is 2.32. The van der Waals surface area contributed by atoms with Gasteiger partial charge in [0.2, 0.25) is 11.8 Å². The van der Waals surface area contributed by atoms with Crippen molar-refractivity contribution in [3.05, 3.63) is 34.1 Å². The van der Waals surface area contributed by atoms with Crippen molar-refractivity contribution < 1.29 is 14.3 Å². The number of anilines is 2. The number of carbonyl (C=O) groups excluding carboxylic acids is 1. The molecule has 0 bridgehead atoms. The van der Waals surface area contributed by atoms with Gasteiger partial charge in [0.25, 0.3) is 5.91 Å². The number of imidazole rings is 1. The number of amides is 1. The topological polar surface area (TPSA) is 114 Å². The summed E-state index contributed by atoms with van der Waals surface area (Å²) >= 11 is 12.4. The van der Waals surface area contributed by atoms with E-state index in [0.29, 0.717) is 50.9 Å². The van der Waals surface area contributed by atoms with Gasteiger partial charge in [-0.1, -0.05) is 30.1 Å². The second kappa shape index (κ2) is 10.5. The highest BCUT2D eigenvalue weighted by Gasteiger charge is 2.24. The zero-order valence-corrected chi connectivity index (χ0v) is 20.0. The van der Waals surface area contributed by atoms with Crippen molar-refractivity contribution in [2.24, 2.45) is 5.92 Å². The molecule has 1 amide bonds. The molecule has 3 aromatic rings. The van der Waals surface area contributed by atoms with Crippen molar-refractivity contribution in [3.8, 4) is 5.88 Å². The van der Waals surface area contributed by atoms with E-state index in [1.807, 2.05) is 0 Å². The van der Waals surface area contributed by atoms with Crippen LogP contribution in [0.3, 0.4) is 0 Å². The van der Waals surface area contributed by atoms with Crippen LogP contribution in [0.25, 0.3) is 11.2 Å². The molecule has 0 aromatic carbocycles. The lowest BCUT2D eigenvalue weighted by atomic mass is 9.87. The fraction of sp³-hybridized carbons (Fsp3) is 0.455. The third kappa shape index (κ3) is 5.66. The molecule has 11 heteroatoms. The van der Waals surface area contributed by atoms with Crippen LogP contribution in [-0.4, -0.2) is 52.2 Å². The van der Waals surface area contributed by atoms with E-state index in [2.05, 4.69) is 37.5 Å². The van der Waals surface area contributed by atoms with Gasteiger partial charge in [-0.05, 0) is 37.7 Å². The predicted molar refractivity (Wildman–Crippen MR) is 128 cm³/mol. The quantitative estimate of drug-likeness (QED) is 0.389. The molecule has 0 atom stereocenters. The maximum absolute atomic E-state index is 13.1. The van der Waals surface area contributed by atoms with Gasteiger partial charge in [0.15, 0.2) is 5.65 Å². The van der Waals surface area contributed by atoms with Gasteiger partial charge in [-0.15, -0.1) is 0 Å². The van der Waals surface area contributed by atoms with Gasteiger partial charge in [0.05, 0.1) is 22.3 Å². The molecule has 3 heterocycles. The number of carbonyl (C=O) groups is 1. The van der Waals surface area contributed by atoms with E-state index < -0.39 is 0 Å². The Bertz CT molecular complexity index is 1110. The van der Waals surface area contributed by atoms with Gasteiger partial charge in [-0.3, -0.25) is 9.78 Å². The van der Waals surface area contributed by atoms with Gasteiger partial charge in [0, 0.05) is 25.5 Å². The lowest BCUT2D eigenvalue weighted by Crippen LogP contribution is -2.37. The van der Waals surface area contributed by atoms with Crippen LogP contribution >= 0.6 is 23.2 Å². The minimum Gasteiger partial charge on any atom is -0.475 e. The number of hydrogen-bond donors (Lipinski definition) is 3. The summed E-state index contributed by atoms with van der Waals surface area (Å²) in [4.78, 5) is 29.1. The van der Waals surface area contributed by atoms with E-state index in [9.17, 15) is 4.79 Å². The summed E-state index contributed by atoms with van der Waals surface area (Å²) in [6, 6.07) is 1.81. The minimum atomic E-state index is -0.228. The molecule has 1 aliphatic rings. The standard InChI is InChI=1S/C22H26Cl2N6O3/c1-12-3-5-13(6-4-12)26-20(31)14-9-17-19(29-21(14)33-8-7-32-2)30-22(27-17)28-18-15(23)10-25-11-16(18)24/h9-13H,3-8H2,1-2H3,(H,26,31)(H2,25,27,28,29,30)/t12-,13-. The number of fused-ring (bicyclic) bond motifs is 1. The van der Waals surface area contributed by atoms with E-state index >= 15 is 0 Å². The summed E-state index contributed by atoms with van der Waals surface area (Å²) in [6.45, 7) is 2.88. The first kappa shape index (κ1) is 23.5. The van der Waals surface area contributed by atoms with Gasteiger partial charge in [-0.2, -0.15) is 4.98 Å². The lowest BCUT2D eigenvalue weighted by molar-refractivity contribution is 0.0914. The molecular weight excluding hydrogens is 467 g/mol. The summed E-state index contributed by atoms with van der Waals surface area (Å²) in [5, 5.41) is 6.87. The Hall–Kier alpha value is -2.62. The first-order valence-corrected chi connectivity index (χ1v) is 11.6. The highest BCUT2D eigenvalue weighted by atomic mass is 35.5. The lowest BCUT2D eigenvalue weighted by Gasteiger charge is -2.27. The van der Waals surface area contributed by atoms with E-state index in [4.69, 9.17) is 32.7 Å². The molecule has 0 unspecified atom stereocenters. The number of ether oxygens (including phenoxy) is 2. The number of aromatic amines is 1. The van der Waals surface area contributed by atoms with Crippen LogP contribution in [0.1, 0.15) is 43.0 Å². The van der Waals surface area contributed by atoms with Gasteiger partial charge >= 0.3 is 0 Å². The molecule has 9 nitrogen and oxygen atoms in total. The Morgan fingerprint density at radius 3 is 2.58 bits per heavy atom. The molecule has 3 aromatic heterocycles. The Balaban J connectivity index is 1.61. The van der Waals surface area contributed by atoms with E-state index in [0.717, 1.165) is 25.7 Å². The third-order valence-electron chi connectivity index (χ3n) is 5.66. The van der Waals surface area contributed by atoms with Crippen molar-refractivity contribution in [2.45, 2.75) is 38.6 Å². The fourth-order valence-electron chi connectivity index (χ4n) is 3.79. The molecule has 0 aliphatic heterocycles. The highest BCUT2D eigenvalue weighted by molar-refractivity contribution is 6.39. The largest absolute Gasteiger partial charge is 0.475 e. The average Bonchev–Trinajstić information content (AvgIpc) is 3.19. The molecule has 1 fully saturated rings. The number of rotatable bonds is 8. The number of methoxy groups -OCH3 is 1. The summed E-state index contributed by atoms with van der Waals surface area (Å²) in [7, 11) is 1.58. The summed E-state index contributed by atoms with van der Waals surface area (Å²) in [5.41, 5.74) is 1.75. The molecule has 1 saturated carbocycles. The summed E-state index contributed by atoms with van der Waals surface area (Å²) < 4.78 is 10.8. The maximum Gasteiger partial charge on any atom is 0.257 e. The first-order valence-electron chi connectivity index (χ1n) is 10.8. The summed E-state index contributed by atoms with van der Waals surface area (Å²) in [6.07, 6.45) is 7.10. The Morgan fingerprint density at radius 2 is 1.88 bits per heavy atom. The second-order valence-corrected chi connectivity index (χ2v) is 8.98. The van der Waals surface area contributed by atoms with E-state index in [1.54, 1.807) is 13.2 Å². The SMILES string of the molecule is COCCOc1nc2[nH]c(Nc3c(Cl)cncc3Cl)nc2cc1C(=O)N[C@H]1CC[C@H](C)CC1. The molecule has 0 radical (unpaired) electrons. The monoisotopic (exact) mass is 492 g/mol. The van der Waals surface area contributed by atoms with Crippen molar-refractivity contribution in [1.82, 2.24) is 25.3 Å². The smallest absolute Gasteiger partial charge is 0.257 e. The van der Waals surface area contributed by atoms with E-state index in [-0.39, 0.29) is 24.4 Å². The van der Waals surface area contributed by atoms with E-state index in [1.165, 1.54) is 12.4 Å². The number of nitrogens with zero attached hydrogens (tertiary/aromatic N) is 3. The van der Waals surface area contributed by atoms with Crippen LogP contribution < -0.4 is 15.4 Å². The van der Waals surface area contributed by atoms with Crippen molar-refractivity contribution in [1.29, 1.82) is 0 Å². The number of H-pyrrole nitrogens is 1. The second-order valence-electron chi connectivity index (χ2n) is 8.17. The normalized spacial score (nSPS) is 18.3. The Morgan fingerprint density at radius 1 is 1.15 bits per heavy atom. The maximum atomic E-state index is 13.1. The van der Waals surface area contributed by atoms with Gasteiger partial charge < -0.3 is 25.1 Å². The molecule has 176 valence electrons. The molecule has 33 heavy (non-hydrogen) atoms. The number of nitrogens with one attached hydrogen (secondary N) is 3. The Kier molecular flexibility index (Phi) is 7.52. The molecular formula is C22H26Cl2N6O3. The van der Waals surface area contributed by atoms with Crippen LogP contribution in [0.15, 0.2) is 18.5 Å². The molecule has 0 saturated heterocycles. The average molecular weight is 493 g/mol. The van der Waals surface area contributed by atoms with Crippen molar-refractivity contribution in [2.75, 3.05) is 25.6 Å².